The average Bonchev–Trinajstić information content (AvgIpc) is 3.12. The highest BCUT2D eigenvalue weighted by Gasteiger charge is 2.58. The van der Waals surface area contributed by atoms with Gasteiger partial charge >= 0.3 is 0 Å². The number of hydrogen-bond acceptors (Lipinski definition) is 5. The zero-order valence-electron chi connectivity index (χ0n) is 21.4. The van der Waals surface area contributed by atoms with Crippen molar-refractivity contribution in [1.82, 2.24) is 4.90 Å². The van der Waals surface area contributed by atoms with Crippen LogP contribution in [-0.4, -0.2) is 38.9 Å². The van der Waals surface area contributed by atoms with Crippen molar-refractivity contribution < 1.29 is 24.3 Å². The molecule has 1 fully saturated rings. The first-order chi connectivity index (χ1) is 17.5. The zero-order chi connectivity index (χ0) is 26.4. The van der Waals surface area contributed by atoms with Crippen LogP contribution in [0.1, 0.15) is 52.0 Å². The number of Topliss-reactive ketones (excluding diaryl/α,β-unsaturated/α-hetero) is 1. The van der Waals surface area contributed by atoms with Crippen LogP contribution in [0.25, 0.3) is 10.8 Å². The summed E-state index contributed by atoms with van der Waals surface area (Å²) >= 11 is 0. The number of imide groups is 1. The number of phenols is 1. The van der Waals surface area contributed by atoms with Crippen molar-refractivity contribution >= 4 is 34.2 Å². The van der Waals surface area contributed by atoms with Crippen LogP contribution in [-0.2, 0) is 19.2 Å². The fourth-order valence-corrected chi connectivity index (χ4v) is 6.90. The lowest BCUT2D eigenvalue weighted by molar-refractivity contribution is -0.145. The molecular formula is C31H29NO5. The highest BCUT2D eigenvalue weighted by molar-refractivity contribution is 6.24. The van der Waals surface area contributed by atoms with Crippen LogP contribution >= 0.6 is 0 Å². The molecule has 4 unspecified atom stereocenters. The third kappa shape index (κ3) is 3.24. The number of ketones is 2. The molecule has 6 nitrogen and oxygen atoms in total. The van der Waals surface area contributed by atoms with Crippen molar-refractivity contribution in [1.29, 1.82) is 0 Å². The monoisotopic (exact) mass is 495 g/mol. The van der Waals surface area contributed by atoms with Crippen molar-refractivity contribution in [3.05, 3.63) is 76.4 Å². The zero-order valence-corrected chi connectivity index (χ0v) is 21.4. The van der Waals surface area contributed by atoms with E-state index < -0.39 is 29.2 Å². The highest BCUT2D eigenvalue weighted by Crippen LogP contribution is 2.57. The van der Waals surface area contributed by atoms with E-state index in [9.17, 15) is 24.3 Å². The molecule has 0 radical (unpaired) electrons. The molecule has 6 heteroatoms. The van der Waals surface area contributed by atoms with Gasteiger partial charge < -0.3 is 5.11 Å². The van der Waals surface area contributed by atoms with Crippen LogP contribution in [0.3, 0.4) is 0 Å². The Kier molecular flexibility index (Phi) is 5.00. The average molecular weight is 496 g/mol. The number of allylic oxidation sites excluding steroid dienone is 6. The summed E-state index contributed by atoms with van der Waals surface area (Å²) in [4.78, 5) is 55.3. The number of nitrogens with zero attached hydrogens (tertiary/aromatic N) is 1. The van der Waals surface area contributed by atoms with Crippen molar-refractivity contribution in [3.63, 3.8) is 0 Å². The predicted octanol–water partition coefficient (Wildman–Crippen LogP) is 4.77. The van der Waals surface area contributed by atoms with Gasteiger partial charge in [-0.1, -0.05) is 48.0 Å². The smallest absolute Gasteiger partial charge is 0.234 e. The predicted molar refractivity (Wildman–Crippen MR) is 139 cm³/mol. The molecule has 4 atom stereocenters. The van der Waals surface area contributed by atoms with Gasteiger partial charge in [0.05, 0.1) is 11.8 Å². The van der Waals surface area contributed by atoms with E-state index in [0.717, 1.165) is 11.0 Å². The number of hydrogen-bond donors (Lipinski definition) is 1. The summed E-state index contributed by atoms with van der Waals surface area (Å²) < 4.78 is 0. The molecule has 0 spiro atoms. The number of likely N-dealkylation sites (tertiary alicyclic amines) is 1. The Balaban J connectivity index is 1.57. The topological polar surface area (TPSA) is 91.8 Å². The molecule has 0 saturated carbocycles. The fourth-order valence-electron chi connectivity index (χ4n) is 6.90. The molecule has 1 saturated heterocycles. The lowest BCUT2D eigenvalue weighted by Crippen LogP contribution is -2.46. The number of rotatable bonds is 1. The lowest BCUT2D eigenvalue weighted by Gasteiger charge is -2.42. The second-order valence-corrected chi connectivity index (χ2v) is 11.6. The molecule has 1 aliphatic heterocycles. The Labute approximate surface area is 215 Å². The van der Waals surface area contributed by atoms with Crippen molar-refractivity contribution in [2.24, 2.45) is 17.8 Å². The minimum absolute atomic E-state index is 0.0651. The molecule has 0 aromatic heterocycles. The van der Waals surface area contributed by atoms with Crippen LogP contribution in [0.5, 0.6) is 5.75 Å². The van der Waals surface area contributed by atoms with Gasteiger partial charge in [-0.25, -0.2) is 0 Å². The Morgan fingerprint density at radius 2 is 1.68 bits per heavy atom. The summed E-state index contributed by atoms with van der Waals surface area (Å²) in [5.41, 5.74) is 1.88. The molecule has 2 aromatic carbocycles. The summed E-state index contributed by atoms with van der Waals surface area (Å²) in [5, 5.41) is 12.9. The van der Waals surface area contributed by atoms with Crippen molar-refractivity contribution in [3.8, 4) is 5.75 Å². The van der Waals surface area contributed by atoms with Gasteiger partial charge in [0.2, 0.25) is 11.8 Å². The number of carbonyl (C=O) groups is 4. The van der Waals surface area contributed by atoms with E-state index in [-0.39, 0.29) is 35.6 Å². The first-order valence-corrected chi connectivity index (χ1v) is 12.8. The molecular weight excluding hydrogens is 466 g/mol. The Morgan fingerprint density at radius 3 is 2.41 bits per heavy atom. The molecule has 188 valence electrons. The van der Waals surface area contributed by atoms with Crippen LogP contribution in [0, 0.1) is 17.8 Å². The third-order valence-corrected chi connectivity index (χ3v) is 8.48. The maximum atomic E-state index is 13.8. The molecule has 1 N–H and O–H groups in total. The van der Waals surface area contributed by atoms with E-state index in [1.807, 2.05) is 63.2 Å². The Bertz CT molecular complexity index is 1530. The molecule has 2 amide bonds. The van der Waals surface area contributed by atoms with E-state index in [1.54, 1.807) is 6.92 Å². The normalized spacial score (nSPS) is 27.7. The SMILES string of the molecule is CC1=CC(=O)C2=C(CC3C(=CCC4C(=O)N(C(C)(C)C)C(=O)C43)C2c2ccc3ccccc3c2O)C1=O. The second kappa shape index (κ2) is 7.85. The van der Waals surface area contributed by atoms with Gasteiger partial charge in [-0.2, -0.15) is 0 Å². The molecule has 3 aliphatic carbocycles. The summed E-state index contributed by atoms with van der Waals surface area (Å²) in [7, 11) is 0. The molecule has 6 rings (SSSR count). The van der Waals surface area contributed by atoms with E-state index in [0.29, 0.717) is 34.1 Å². The van der Waals surface area contributed by atoms with E-state index in [4.69, 9.17) is 0 Å². The summed E-state index contributed by atoms with van der Waals surface area (Å²) in [6, 6.07) is 11.2. The van der Waals surface area contributed by atoms with Crippen LogP contribution in [0.2, 0.25) is 0 Å². The summed E-state index contributed by atoms with van der Waals surface area (Å²) in [5.74, 6) is -2.92. The molecule has 4 aliphatic rings. The van der Waals surface area contributed by atoms with Crippen LogP contribution < -0.4 is 0 Å². The highest BCUT2D eigenvalue weighted by atomic mass is 16.3. The minimum atomic E-state index is -0.660. The van der Waals surface area contributed by atoms with E-state index >= 15 is 0 Å². The van der Waals surface area contributed by atoms with Crippen LogP contribution in [0.4, 0.5) is 0 Å². The Morgan fingerprint density at radius 1 is 0.946 bits per heavy atom. The number of fused-ring (bicyclic) bond motifs is 4. The summed E-state index contributed by atoms with van der Waals surface area (Å²) in [6.07, 6.45) is 3.98. The first-order valence-electron chi connectivity index (χ1n) is 12.8. The largest absolute Gasteiger partial charge is 0.507 e. The van der Waals surface area contributed by atoms with Gasteiger partial charge in [0.1, 0.15) is 5.75 Å². The second-order valence-electron chi connectivity index (χ2n) is 11.6. The third-order valence-electron chi connectivity index (χ3n) is 8.48. The van der Waals surface area contributed by atoms with Gasteiger partial charge in [-0.05, 0) is 57.9 Å². The standard InChI is InChI=1S/C31H29NO5/c1-15-13-23(33)26-22(27(15)34)14-21-18(11-12-20-25(21)30(37)32(29(20)36)31(2,3)4)24(26)19-10-9-16-7-5-6-8-17(16)28(19)35/h5-11,13,20-21,24-25,35H,12,14H2,1-4H3. The maximum absolute atomic E-state index is 13.8. The van der Waals surface area contributed by atoms with Crippen molar-refractivity contribution in [2.45, 2.75) is 52.0 Å². The Hall–Kier alpha value is -3.80. The number of carbonyl (C=O) groups excluding carboxylic acids is 4. The quantitative estimate of drug-likeness (QED) is 0.350. The minimum Gasteiger partial charge on any atom is -0.507 e. The van der Waals surface area contributed by atoms with Crippen molar-refractivity contribution in [2.75, 3.05) is 0 Å². The van der Waals surface area contributed by atoms with Gasteiger partial charge in [-0.15, -0.1) is 0 Å². The number of amides is 2. The van der Waals surface area contributed by atoms with Gasteiger partial charge in [0.15, 0.2) is 11.6 Å². The van der Waals surface area contributed by atoms with E-state index in [2.05, 4.69) is 0 Å². The molecule has 1 heterocycles. The number of phenolic OH excluding ortho intramolecular Hbond substituents is 1. The lowest BCUT2D eigenvalue weighted by atomic mass is 9.59. The number of benzene rings is 2. The van der Waals surface area contributed by atoms with Gasteiger partial charge in [-0.3, -0.25) is 24.1 Å². The molecule has 0 bridgehead atoms. The van der Waals surface area contributed by atoms with Gasteiger partial charge in [0.25, 0.3) is 0 Å². The molecule has 2 aromatic rings. The van der Waals surface area contributed by atoms with Gasteiger partial charge in [0, 0.05) is 39.1 Å². The summed E-state index contributed by atoms with van der Waals surface area (Å²) in [6.45, 7) is 7.18. The van der Waals surface area contributed by atoms with Crippen LogP contribution in [0.15, 0.2) is 70.8 Å². The number of aromatic hydroxyl groups is 1. The fraction of sp³-hybridized carbons (Fsp3) is 0.355. The maximum Gasteiger partial charge on any atom is 0.234 e. The molecule has 37 heavy (non-hydrogen) atoms. The first kappa shape index (κ1) is 23.6. The van der Waals surface area contributed by atoms with E-state index in [1.165, 1.54) is 11.0 Å².